The van der Waals surface area contributed by atoms with Crippen LogP contribution in [0.2, 0.25) is 0 Å². The van der Waals surface area contributed by atoms with Crippen LogP contribution in [-0.2, 0) is 5.54 Å². The Balaban J connectivity index is 1.86. The highest BCUT2D eigenvalue weighted by Gasteiger charge is 2.39. The molecular weight excluding hydrogens is 446 g/mol. The normalized spacial score (nSPS) is 11.4. The van der Waals surface area contributed by atoms with Gasteiger partial charge in [0.15, 0.2) is 0 Å². The highest BCUT2D eigenvalue weighted by Crippen LogP contribution is 2.42. The standard InChI is InChI=1S/C27H20BrN3/c28-25-20-31(30-26(25)21-11-10-18-29-19-21)27(22-12-4-1-5-13-22,23-14-6-2-7-15-23)24-16-8-3-9-17-24/h1-20H. The summed E-state index contributed by atoms with van der Waals surface area (Å²) in [6.07, 6.45) is 5.68. The van der Waals surface area contributed by atoms with Crippen molar-refractivity contribution in [1.82, 2.24) is 14.8 Å². The van der Waals surface area contributed by atoms with E-state index < -0.39 is 5.54 Å². The van der Waals surface area contributed by atoms with Gasteiger partial charge in [-0.25, -0.2) is 0 Å². The fourth-order valence-corrected chi connectivity index (χ4v) is 4.66. The molecule has 5 rings (SSSR count). The SMILES string of the molecule is Brc1cn(C(c2ccccc2)(c2ccccc2)c2ccccc2)nc1-c1cccnc1. The van der Waals surface area contributed by atoms with Crippen LogP contribution in [-0.4, -0.2) is 14.8 Å². The van der Waals surface area contributed by atoms with Crippen molar-refractivity contribution in [1.29, 1.82) is 0 Å². The number of aromatic nitrogens is 3. The molecule has 150 valence electrons. The molecular formula is C27H20BrN3. The number of hydrogen-bond donors (Lipinski definition) is 0. The molecule has 0 amide bonds. The summed E-state index contributed by atoms with van der Waals surface area (Å²) in [6.45, 7) is 0. The molecule has 3 nitrogen and oxygen atoms in total. The van der Waals surface area contributed by atoms with E-state index in [0.717, 1.165) is 32.4 Å². The Morgan fingerprint density at radius 2 is 1.16 bits per heavy atom. The van der Waals surface area contributed by atoms with Crippen LogP contribution in [0.25, 0.3) is 11.3 Å². The van der Waals surface area contributed by atoms with E-state index in [1.807, 2.05) is 36.5 Å². The van der Waals surface area contributed by atoms with Crippen LogP contribution in [0.5, 0.6) is 0 Å². The van der Waals surface area contributed by atoms with Crippen molar-refractivity contribution in [2.24, 2.45) is 0 Å². The topological polar surface area (TPSA) is 30.7 Å². The molecule has 0 unspecified atom stereocenters. The summed E-state index contributed by atoms with van der Waals surface area (Å²) in [4.78, 5) is 4.28. The summed E-state index contributed by atoms with van der Waals surface area (Å²) in [5, 5.41) is 5.11. The first-order valence-corrected chi connectivity index (χ1v) is 10.9. The fourth-order valence-electron chi connectivity index (χ4n) is 4.16. The molecule has 0 radical (unpaired) electrons. The smallest absolute Gasteiger partial charge is 0.138 e. The van der Waals surface area contributed by atoms with E-state index in [1.54, 1.807) is 6.20 Å². The quantitative estimate of drug-likeness (QED) is 0.275. The van der Waals surface area contributed by atoms with Gasteiger partial charge in [-0.2, -0.15) is 5.10 Å². The lowest BCUT2D eigenvalue weighted by Crippen LogP contribution is -2.38. The molecule has 0 aliphatic heterocycles. The largest absolute Gasteiger partial charge is 0.264 e. The van der Waals surface area contributed by atoms with Crippen LogP contribution in [0, 0.1) is 0 Å². The third-order valence-electron chi connectivity index (χ3n) is 5.52. The van der Waals surface area contributed by atoms with Crippen LogP contribution in [0.1, 0.15) is 16.7 Å². The zero-order chi connectivity index (χ0) is 21.1. The Bertz CT molecular complexity index is 1170. The lowest BCUT2D eigenvalue weighted by atomic mass is 9.77. The minimum absolute atomic E-state index is 0.632. The molecule has 0 N–H and O–H groups in total. The van der Waals surface area contributed by atoms with Crippen LogP contribution in [0.3, 0.4) is 0 Å². The number of nitrogens with zero attached hydrogens (tertiary/aromatic N) is 3. The molecule has 3 aromatic carbocycles. The maximum absolute atomic E-state index is 5.11. The second-order valence-electron chi connectivity index (χ2n) is 7.32. The van der Waals surface area contributed by atoms with E-state index in [9.17, 15) is 0 Å². The van der Waals surface area contributed by atoms with Gasteiger partial charge in [0.2, 0.25) is 0 Å². The van der Waals surface area contributed by atoms with Gasteiger partial charge in [0.1, 0.15) is 11.2 Å². The van der Waals surface area contributed by atoms with Crippen molar-refractivity contribution in [3.05, 3.63) is 143 Å². The third kappa shape index (κ3) is 3.39. The van der Waals surface area contributed by atoms with E-state index in [0.29, 0.717) is 0 Å². The lowest BCUT2D eigenvalue weighted by Gasteiger charge is -2.36. The second kappa shape index (κ2) is 8.32. The molecule has 31 heavy (non-hydrogen) atoms. The highest BCUT2D eigenvalue weighted by molar-refractivity contribution is 9.10. The highest BCUT2D eigenvalue weighted by atomic mass is 79.9. The Labute approximate surface area is 190 Å². The third-order valence-corrected chi connectivity index (χ3v) is 6.10. The molecule has 0 aliphatic carbocycles. The van der Waals surface area contributed by atoms with Crippen LogP contribution in [0.15, 0.2) is 126 Å². The molecule has 2 heterocycles. The Hall–Kier alpha value is -3.50. The minimum atomic E-state index is -0.632. The van der Waals surface area contributed by atoms with Crippen molar-refractivity contribution in [2.75, 3.05) is 0 Å². The number of hydrogen-bond acceptors (Lipinski definition) is 2. The first kappa shape index (κ1) is 19.5. The fraction of sp³-hybridized carbons (Fsp3) is 0.0370. The van der Waals surface area contributed by atoms with E-state index in [4.69, 9.17) is 5.10 Å². The Morgan fingerprint density at radius 3 is 1.61 bits per heavy atom. The molecule has 0 spiro atoms. The zero-order valence-corrected chi connectivity index (χ0v) is 18.4. The summed E-state index contributed by atoms with van der Waals surface area (Å²) >= 11 is 3.75. The van der Waals surface area contributed by atoms with E-state index >= 15 is 0 Å². The summed E-state index contributed by atoms with van der Waals surface area (Å²) in [5.41, 5.74) is 4.61. The molecule has 5 aromatic rings. The predicted octanol–water partition coefficient (Wildman–Crippen LogP) is 6.55. The number of benzene rings is 3. The van der Waals surface area contributed by atoms with Gasteiger partial charge < -0.3 is 0 Å². The second-order valence-corrected chi connectivity index (χ2v) is 8.17. The van der Waals surface area contributed by atoms with Crippen molar-refractivity contribution >= 4 is 15.9 Å². The zero-order valence-electron chi connectivity index (χ0n) is 16.8. The molecule has 0 bridgehead atoms. The molecule has 2 aromatic heterocycles. The van der Waals surface area contributed by atoms with Crippen LogP contribution >= 0.6 is 15.9 Å². The van der Waals surface area contributed by atoms with Gasteiger partial charge in [-0.1, -0.05) is 91.0 Å². The monoisotopic (exact) mass is 465 g/mol. The molecule has 0 saturated heterocycles. The maximum Gasteiger partial charge on any atom is 0.138 e. The van der Waals surface area contributed by atoms with Gasteiger partial charge in [0, 0.05) is 24.2 Å². The first-order valence-electron chi connectivity index (χ1n) is 10.1. The summed E-state index contributed by atoms with van der Waals surface area (Å²) in [7, 11) is 0. The van der Waals surface area contributed by atoms with Gasteiger partial charge in [0.25, 0.3) is 0 Å². The van der Waals surface area contributed by atoms with E-state index in [2.05, 4.69) is 105 Å². The molecule has 0 saturated carbocycles. The summed E-state index contributed by atoms with van der Waals surface area (Å²) in [6, 6.07) is 35.6. The average molecular weight is 466 g/mol. The van der Waals surface area contributed by atoms with E-state index in [1.165, 1.54) is 0 Å². The predicted molar refractivity (Wildman–Crippen MR) is 128 cm³/mol. The maximum atomic E-state index is 5.11. The van der Waals surface area contributed by atoms with Crippen LogP contribution in [0.4, 0.5) is 0 Å². The minimum Gasteiger partial charge on any atom is -0.264 e. The van der Waals surface area contributed by atoms with Crippen molar-refractivity contribution in [2.45, 2.75) is 5.54 Å². The Morgan fingerprint density at radius 1 is 0.645 bits per heavy atom. The number of pyridine rings is 1. The van der Waals surface area contributed by atoms with Crippen molar-refractivity contribution in [3.8, 4) is 11.3 Å². The van der Waals surface area contributed by atoms with Gasteiger partial charge in [-0.05, 0) is 44.8 Å². The van der Waals surface area contributed by atoms with Crippen molar-refractivity contribution in [3.63, 3.8) is 0 Å². The molecule has 0 atom stereocenters. The van der Waals surface area contributed by atoms with Crippen molar-refractivity contribution < 1.29 is 0 Å². The molecule has 0 aliphatic rings. The number of halogens is 1. The van der Waals surface area contributed by atoms with Crippen LogP contribution < -0.4 is 0 Å². The lowest BCUT2D eigenvalue weighted by molar-refractivity contribution is 0.461. The van der Waals surface area contributed by atoms with Gasteiger partial charge >= 0.3 is 0 Å². The van der Waals surface area contributed by atoms with Gasteiger partial charge in [-0.3, -0.25) is 9.67 Å². The first-order chi connectivity index (χ1) is 15.3. The summed E-state index contributed by atoms with van der Waals surface area (Å²) < 4.78 is 2.99. The van der Waals surface area contributed by atoms with Gasteiger partial charge in [-0.15, -0.1) is 0 Å². The number of rotatable bonds is 5. The Kier molecular flexibility index (Phi) is 5.23. The molecule has 4 heteroatoms. The summed E-state index contributed by atoms with van der Waals surface area (Å²) in [5.74, 6) is 0. The molecule has 0 fully saturated rings. The average Bonchev–Trinajstić information content (AvgIpc) is 3.24. The van der Waals surface area contributed by atoms with E-state index in [-0.39, 0.29) is 0 Å². The van der Waals surface area contributed by atoms with Gasteiger partial charge in [0.05, 0.1) is 4.47 Å².